The number of benzene rings is 1. The summed E-state index contributed by atoms with van der Waals surface area (Å²) in [6, 6.07) is 5.29. The summed E-state index contributed by atoms with van der Waals surface area (Å²) in [5, 5.41) is 21.5. The summed E-state index contributed by atoms with van der Waals surface area (Å²) in [5.41, 5.74) is 0.747. The van der Waals surface area contributed by atoms with Crippen molar-refractivity contribution in [1.82, 2.24) is 5.32 Å². The number of hydrogen-bond acceptors (Lipinski definition) is 5. The third-order valence-corrected chi connectivity index (χ3v) is 3.30. The fourth-order valence-corrected chi connectivity index (χ4v) is 2.35. The lowest BCUT2D eigenvalue weighted by atomic mass is 9.77. The molecule has 0 aromatic heterocycles. The van der Waals surface area contributed by atoms with E-state index in [0.29, 0.717) is 17.8 Å². The lowest BCUT2D eigenvalue weighted by molar-refractivity contribution is 0.0495. The lowest BCUT2D eigenvalue weighted by Crippen LogP contribution is -2.42. The molecule has 1 aliphatic rings. The van der Waals surface area contributed by atoms with Gasteiger partial charge in [-0.1, -0.05) is 18.2 Å². The highest BCUT2D eigenvalue weighted by Gasteiger charge is 2.27. The minimum Gasteiger partial charge on any atom is -0.489 e. The molecule has 1 heterocycles. The first-order valence-corrected chi connectivity index (χ1v) is 7.37. The molecule has 1 aliphatic heterocycles. The predicted molar refractivity (Wildman–Crippen MR) is 83.2 cm³/mol. The number of para-hydroxylation sites is 1. The van der Waals surface area contributed by atoms with Gasteiger partial charge in [-0.05, 0) is 39.2 Å². The molecule has 3 N–H and O–H groups in total. The number of amides is 1. The standard InChI is InChI=1S/C15H22BNO5/c1-15(2,3)22-14(18)17-9-11-8-7-10-5-4-6-12(16(19)20)13(10)21-11/h4-6,11,19-20H,7-9H2,1-3H3,(H,17,18)/t11-/m1/s1. The third-order valence-electron chi connectivity index (χ3n) is 3.30. The average molecular weight is 307 g/mol. The van der Waals surface area contributed by atoms with Crippen LogP contribution in [0.3, 0.4) is 0 Å². The molecule has 2 rings (SSSR count). The summed E-state index contributed by atoms with van der Waals surface area (Å²) in [6.07, 6.45) is 0.793. The second kappa shape index (κ2) is 6.58. The highest BCUT2D eigenvalue weighted by Crippen LogP contribution is 2.25. The molecule has 0 unspecified atom stereocenters. The average Bonchev–Trinajstić information content (AvgIpc) is 2.42. The minimum absolute atomic E-state index is 0.222. The van der Waals surface area contributed by atoms with E-state index in [0.717, 1.165) is 18.4 Å². The minimum atomic E-state index is -1.58. The maximum Gasteiger partial charge on any atom is 0.492 e. The summed E-state index contributed by atoms with van der Waals surface area (Å²) in [6.45, 7) is 5.71. The van der Waals surface area contributed by atoms with Crippen LogP contribution < -0.4 is 15.5 Å². The van der Waals surface area contributed by atoms with Crippen molar-refractivity contribution in [2.24, 2.45) is 0 Å². The topological polar surface area (TPSA) is 88.0 Å². The largest absolute Gasteiger partial charge is 0.492 e. The van der Waals surface area contributed by atoms with Crippen molar-refractivity contribution in [2.75, 3.05) is 6.54 Å². The van der Waals surface area contributed by atoms with Gasteiger partial charge in [0.1, 0.15) is 17.5 Å². The lowest BCUT2D eigenvalue weighted by Gasteiger charge is -2.28. The molecular formula is C15H22BNO5. The highest BCUT2D eigenvalue weighted by atomic mass is 16.6. The summed E-state index contributed by atoms with van der Waals surface area (Å²) in [4.78, 5) is 11.7. The zero-order valence-electron chi connectivity index (χ0n) is 13.1. The zero-order valence-corrected chi connectivity index (χ0v) is 13.1. The van der Waals surface area contributed by atoms with Gasteiger partial charge >= 0.3 is 13.2 Å². The second-order valence-electron chi connectivity index (χ2n) is 6.37. The Bertz CT molecular complexity index is 541. The Labute approximate surface area is 130 Å². The smallest absolute Gasteiger partial charge is 0.489 e. The summed E-state index contributed by atoms with van der Waals surface area (Å²) in [5.74, 6) is 0.500. The van der Waals surface area contributed by atoms with Crippen LogP contribution in [-0.4, -0.2) is 41.5 Å². The Hall–Kier alpha value is -1.73. The fraction of sp³-hybridized carbons (Fsp3) is 0.533. The molecule has 0 aliphatic carbocycles. The molecule has 0 spiro atoms. The maximum atomic E-state index is 11.7. The maximum absolute atomic E-state index is 11.7. The van der Waals surface area contributed by atoms with Crippen molar-refractivity contribution in [1.29, 1.82) is 0 Å². The van der Waals surface area contributed by atoms with Crippen LogP contribution in [0.25, 0.3) is 0 Å². The number of rotatable bonds is 3. The third kappa shape index (κ3) is 4.38. The first kappa shape index (κ1) is 16.6. The number of aryl methyl sites for hydroxylation is 1. The molecule has 0 saturated carbocycles. The van der Waals surface area contributed by atoms with Crippen molar-refractivity contribution in [3.05, 3.63) is 23.8 Å². The van der Waals surface area contributed by atoms with Gasteiger partial charge in [-0.15, -0.1) is 0 Å². The number of carbonyl (C=O) groups excluding carboxylic acids is 1. The summed E-state index contributed by atoms with van der Waals surface area (Å²) >= 11 is 0. The Balaban J connectivity index is 1.96. The van der Waals surface area contributed by atoms with Crippen molar-refractivity contribution in [3.8, 4) is 5.75 Å². The number of ether oxygens (including phenoxy) is 2. The van der Waals surface area contributed by atoms with Crippen LogP contribution in [0.1, 0.15) is 32.8 Å². The van der Waals surface area contributed by atoms with Gasteiger partial charge < -0.3 is 24.8 Å². The SMILES string of the molecule is CC(C)(C)OC(=O)NC[C@H]1CCc2cccc(B(O)O)c2O1. The van der Waals surface area contributed by atoms with Crippen molar-refractivity contribution in [3.63, 3.8) is 0 Å². The molecule has 0 radical (unpaired) electrons. The van der Waals surface area contributed by atoms with Crippen LogP contribution in [0.4, 0.5) is 4.79 Å². The highest BCUT2D eigenvalue weighted by molar-refractivity contribution is 6.59. The molecule has 0 bridgehead atoms. The number of carbonyl (C=O) groups is 1. The van der Waals surface area contributed by atoms with Crippen LogP contribution >= 0.6 is 0 Å². The molecule has 6 nitrogen and oxygen atoms in total. The Morgan fingerprint density at radius 3 is 2.82 bits per heavy atom. The molecule has 1 atom stereocenters. The van der Waals surface area contributed by atoms with Crippen molar-refractivity contribution in [2.45, 2.75) is 45.3 Å². The number of fused-ring (bicyclic) bond motifs is 1. The monoisotopic (exact) mass is 307 g/mol. The Morgan fingerprint density at radius 1 is 1.45 bits per heavy atom. The van der Waals surface area contributed by atoms with E-state index in [1.165, 1.54) is 0 Å². The van der Waals surface area contributed by atoms with E-state index in [2.05, 4.69) is 5.32 Å². The van der Waals surface area contributed by atoms with Gasteiger partial charge in [0.05, 0.1) is 6.54 Å². The van der Waals surface area contributed by atoms with Crippen LogP contribution in [0.5, 0.6) is 5.75 Å². The van der Waals surface area contributed by atoms with Crippen LogP contribution in [0, 0.1) is 0 Å². The van der Waals surface area contributed by atoms with Gasteiger partial charge in [0.15, 0.2) is 0 Å². The quantitative estimate of drug-likeness (QED) is 0.711. The van der Waals surface area contributed by atoms with E-state index >= 15 is 0 Å². The first-order valence-electron chi connectivity index (χ1n) is 7.37. The number of nitrogens with one attached hydrogen (secondary N) is 1. The molecule has 0 fully saturated rings. The molecule has 1 aromatic carbocycles. The predicted octanol–water partition coefficient (Wildman–Crippen LogP) is 0.585. The summed E-state index contributed by atoms with van der Waals surface area (Å²) in [7, 11) is -1.58. The van der Waals surface area contributed by atoms with Gasteiger partial charge in [-0.2, -0.15) is 0 Å². The van der Waals surface area contributed by atoms with E-state index in [4.69, 9.17) is 9.47 Å². The van der Waals surface area contributed by atoms with E-state index < -0.39 is 18.8 Å². The summed E-state index contributed by atoms with van der Waals surface area (Å²) < 4.78 is 11.0. The van der Waals surface area contributed by atoms with E-state index in [-0.39, 0.29) is 6.10 Å². The molecule has 22 heavy (non-hydrogen) atoms. The number of alkyl carbamates (subject to hydrolysis) is 1. The van der Waals surface area contributed by atoms with Crippen LogP contribution in [0.15, 0.2) is 18.2 Å². The molecule has 120 valence electrons. The van der Waals surface area contributed by atoms with Crippen LogP contribution in [-0.2, 0) is 11.2 Å². The molecular weight excluding hydrogens is 285 g/mol. The van der Waals surface area contributed by atoms with Gasteiger partial charge in [0.2, 0.25) is 0 Å². The van der Waals surface area contributed by atoms with E-state index in [9.17, 15) is 14.8 Å². The molecule has 0 saturated heterocycles. The second-order valence-corrected chi connectivity index (χ2v) is 6.37. The van der Waals surface area contributed by atoms with Gasteiger partial charge in [-0.25, -0.2) is 4.79 Å². The van der Waals surface area contributed by atoms with E-state index in [1.807, 2.05) is 6.07 Å². The Morgan fingerprint density at radius 2 is 2.18 bits per heavy atom. The van der Waals surface area contributed by atoms with Gasteiger partial charge in [0, 0.05) is 5.46 Å². The van der Waals surface area contributed by atoms with Gasteiger partial charge in [-0.3, -0.25) is 0 Å². The molecule has 1 amide bonds. The Kier molecular flexibility index (Phi) is 4.98. The normalized spacial score (nSPS) is 17.2. The van der Waals surface area contributed by atoms with Gasteiger partial charge in [0.25, 0.3) is 0 Å². The zero-order chi connectivity index (χ0) is 16.3. The molecule has 1 aromatic rings. The fourth-order valence-electron chi connectivity index (χ4n) is 2.35. The number of hydrogen-bond donors (Lipinski definition) is 3. The van der Waals surface area contributed by atoms with Crippen molar-refractivity contribution >= 4 is 18.7 Å². The first-order chi connectivity index (χ1) is 10.3. The van der Waals surface area contributed by atoms with Crippen LogP contribution in [0.2, 0.25) is 0 Å². The molecule has 7 heteroatoms. The van der Waals surface area contributed by atoms with E-state index in [1.54, 1.807) is 32.9 Å². The van der Waals surface area contributed by atoms with Crippen molar-refractivity contribution < 1.29 is 24.3 Å².